The summed E-state index contributed by atoms with van der Waals surface area (Å²) in [5, 5.41) is 0. The highest BCUT2D eigenvalue weighted by molar-refractivity contribution is 7.92. The number of anilines is 1. The number of benzene rings is 2. The van der Waals surface area contributed by atoms with E-state index in [-0.39, 0.29) is 4.90 Å². The summed E-state index contributed by atoms with van der Waals surface area (Å²) in [5.74, 6) is 0.431. The normalized spacial score (nSPS) is 11.3. The topological polar surface area (TPSA) is 90.9 Å². The van der Waals surface area contributed by atoms with Gasteiger partial charge in [-0.2, -0.15) is 0 Å². The number of hydrogen-bond acceptors (Lipinski definition) is 6. The number of rotatable bonds is 10. The van der Waals surface area contributed by atoms with E-state index in [1.54, 1.807) is 43.3 Å². The molecule has 0 amide bonds. The number of esters is 1. The number of sulfonamides is 1. The molecule has 156 valence electrons. The number of carbonyl (C=O) groups is 1. The van der Waals surface area contributed by atoms with Gasteiger partial charge in [-0.3, -0.25) is 4.72 Å². The van der Waals surface area contributed by atoms with Crippen molar-refractivity contribution in [3.63, 3.8) is 0 Å². The van der Waals surface area contributed by atoms with Gasteiger partial charge in [0, 0.05) is 17.8 Å². The Hall–Kier alpha value is -3.00. The van der Waals surface area contributed by atoms with Gasteiger partial charge in [0.05, 0.1) is 24.7 Å². The molecule has 0 aromatic heterocycles. The van der Waals surface area contributed by atoms with E-state index in [1.165, 1.54) is 18.2 Å². The van der Waals surface area contributed by atoms with Crippen molar-refractivity contribution in [1.82, 2.24) is 0 Å². The summed E-state index contributed by atoms with van der Waals surface area (Å²) in [6.45, 7) is 6.52. The molecule has 8 heteroatoms. The first-order valence-corrected chi connectivity index (χ1v) is 10.7. The molecule has 0 fully saturated rings. The quantitative estimate of drug-likeness (QED) is 0.464. The molecule has 0 saturated heterocycles. The Bertz CT molecular complexity index is 952. The Balaban J connectivity index is 2.16. The molecule has 2 aromatic rings. The molecule has 29 heavy (non-hydrogen) atoms. The van der Waals surface area contributed by atoms with Crippen LogP contribution in [0.2, 0.25) is 0 Å². The lowest BCUT2D eigenvalue weighted by Crippen LogP contribution is -2.13. The molecule has 2 aromatic carbocycles. The lowest BCUT2D eigenvalue weighted by atomic mass is 10.2. The van der Waals surface area contributed by atoms with E-state index in [2.05, 4.69) is 4.72 Å². The van der Waals surface area contributed by atoms with Crippen molar-refractivity contribution in [2.24, 2.45) is 0 Å². The van der Waals surface area contributed by atoms with Gasteiger partial charge in [-0.05, 0) is 56.7 Å². The van der Waals surface area contributed by atoms with Crippen LogP contribution in [0.15, 0.2) is 53.4 Å². The van der Waals surface area contributed by atoms with Gasteiger partial charge in [0.2, 0.25) is 0 Å². The highest BCUT2D eigenvalue weighted by Gasteiger charge is 2.17. The average molecular weight is 419 g/mol. The minimum atomic E-state index is -3.81. The van der Waals surface area contributed by atoms with E-state index >= 15 is 0 Å². The maximum absolute atomic E-state index is 12.7. The molecular formula is C21H25NO6S. The molecule has 0 aliphatic rings. The monoisotopic (exact) mass is 419 g/mol. The van der Waals surface area contributed by atoms with Crippen LogP contribution in [-0.4, -0.2) is 34.2 Å². The zero-order valence-electron chi connectivity index (χ0n) is 16.7. The summed E-state index contributed by atoms with van der Waals surface area (Å²) < 4.78 is 43.7. The van der Waals surface area contributed by atoms with Gasteiger partial charge in [-0.1, -0.05) is 12.1 Å². The lowest BCUT2D eigenvalue weighted by Gasteiger charge is -2.13. The number of nitrogens with one attached hydrogen (secondary N) is 1. The van der Waals surface area contributed by atoms with Crippen LogP contribution in [0.4, 0.5) is 5.69 Å². The predicted octanol–water partition coefficient (Wildman–Crippen LogP) is 3.86. The average Bonchev–Trinajstić information content (AvgIpc) is 2.69. The van der Waals surface area contributed by atoms with Crippen molar-refractivity contribution in [3.05, 3.63) is 54.1 Å². The van der Waals surface area contributed by atoms with Gasteiger partial charge in [0.15, 0.2) is 11.5 Å². The van der Waals surface area contributed by atoms with Crippen molar-refractivity contribution in [2.45, 2.75) is 25.7 Å². The zero-order chi connectivity index (χ0) is 21.3. The van der Waals surface area contributed by atoms with Crippen molar-refractivity contribution in [3.8, 4) is 11.5 Å². The summed E-state index contributed by atoms with van der Waals surface area (Å²) in [5.41, 5.74) is 1.13. The number of carbonyl (C=O) groups excluding carboxylic acids is 1. The maximum atomic E-state index is 12.7. The van der Waals surface area contributed by atoms with Gasteiger partial charge in [0.1, 0.15) is 0 Å². The third-order valence-corrected chi connectivity index (χ3v) is 5.07. The Labute approximate surface area is 171 Å². The van der Waals surface area contributed by atoms with E-state index in [0.29, 0.717) is 37.0 Å². The summed E-state index contributed by atoms with van der Waals surface area (Å²) in [6.07, 6.45) is 2.91. The van der Waals surface area contributed by atoms with Gasteiger partial charge < -0.3 is 14.2 Å². The molecule has 0 radical (unpaired) electrons. The fraction of sp³-hybridized carbons (Fsp3) is 0.286. The van der Waals surface area contributed by atoms with Crippen molar-refractivity contribution in [1.29, 1.82) is 0 Å². The summed E-state index contributed by atoms with van der Waals surface area (Å²) in [6, 6.07) is 11.1. The minimum absolute atomic E-state index is 0.0655. The molecule has 0 aliphatic heterocycles. The van der Waals surface area contributed by atoms with Crippen LogP contribution in [0.25, 0.3) is 6.08 Å². The molecule has 0 heterocycles. The van der Waals surface area contributed by atoms with E-state index < -0.39 is 16.0 Å². The first-order chi connectivity index (χ1) is 13.9. The lowest BCUT2D eigenvalue weighted by molar-refractivity contribution is -0.137. The van der Waals surface area contributed by atoms with Crippen molar-refractivity contribution < 1.29 is 27.4 Å². The van der Waals surface area contributed by atoms with Crippen LogP contribution >= 0.6 is 0 Å². The Kier molecular flexibility index (Phi) is 8.09. The fourth-order valence-electron chi connectivity index (χ4n) is 2.43. The molecule has 7 nitrogen and oxygen atoms in total. The fourth-order valence-corrected chi connectivity index (χ4v) is 3.50. The smallest absolute Gasteiger partial charge is 0.330 e. The Morgan fingerprint density at radius 2 is 1.59 bits per heavy atom. The van der Waals surface area contributed by atoms with Gasteiger partial charge in [0.25, 0.3) is 10.0 Å². The van der Waals surface area contributed by atoms with Crippen LogP contribution < -0.4 is 14.2 Å². The second-order valence-electron chi connectivity index (χ2n) is 5.79. The standard InChI is InChI=1S/C21H25NO6S/c1-4-26-19-13-12-18(15-20(19)27-5-2)29(24,25)22-17-10-7-16(8-11-17)9-14-21(23)28-6-3/h7-15,22H,4-6H2,1-3H3/b14-9+. The molecule has 0 aliphatic carbocycles. The largest absolute Gasteiger partial charge is 0.490 e. The van der Waals surface area contributed by atoms with E-state index in [9.17, 15) is 13.2 Å². The molecule has 1 N–H and O–H groups in total. The highest BCUT2D eigenvalue weighted by atomic mass is 32.2. The minimum Gasteiger partial charge on any atom is -0.490 e. The van der Waals surface area contributed by atoms with Gasteiger partial charge in [-0.25, -0.2) is 13.2 Å². The summed E-state index contributed by atoms with van der Waals surface area (Å²) in [4.78, 5) is 11.4. The molecule has 0 atom stereocenters. The van der Waals surface area contributed by atoms with Crippen LogP contribution in [0.5, 0.6) is 11.5 Å². The van der Waals surface area contributed by atoms with Gasteiger partial charge in [-0.15, -0.1) is 0 Å². The van der Waals surface area contributed by atoms with E-state index in [0.717, 1.165) is 5.56 Å². The first-order valence-electron chi connectivity index (χ1n) is 9.27. The molecule has 2 rings (SSSR count). The highest BCUT2D eigenvalue weighted by Crippen LogP contribution is 2.31. The maximum Gasteiger partial charge on any atom is 0.330 e. The van der Waals surface area contributed by atoms with Crippen LogP contribution in [0.3, 0.4) is 0 Å². The Morgan fingerprint density at radius 1 is 0.931 bits per heavy atom. The molecule has 0 unspecified atom stereocenters. The Morgan fingerprint density at radius 3 is 2.21 bits per heavy atom. The van der Waals surface area contributed by atoms with E-state index in [4.69, 9.17) is 14.2 Å². The number of hydrogen-bond donors (Lipinski definition) is 1. The van der Waals surface area contributed by atoms with Crippen LogP contribution in [-0.2, 0) is 19.6 Å². The molecule has 0 bridgehead atoms. The molecule has 0 saturated carbocycles. The van der Waals surface area contributed by atoms with Crippen LogP contribution in [0.1, 0.15) is 26.3 Å². The number of ether oxygens (including phenoxy) is 3. The second kappa shape index (κ2) is 10.5. The summed E-state index contributed by atoms with van der Waals surface area (Å²) in [7, 11) is -3.81. The summed E-state index contributed by atoms with van der Waals surface area (Å²) >= 11 is 0. The first kappa shape index (κ1) is 22.3. The van der Waals surface area contributed by atoms with Crippen LogP contribution in [0, 0.1) is 0 Å². The van der Waals surface area contributed by atoms with Gasteiger partial charge >= 0.3 is 5.97 Å². The predicted molar refractivity (Wildman–Crippen MR) is 112 cm³/mol. The van der Waals surface area contributed by atoms with E-state index in [1.807, 2.05) is 13.8 Å². The molecular weight excluding hydrogens is 394 g/mol. The third-order valence-electron chi connectivity index (χ3n) is 3.69. The second-order valence-corrected chi connectivity index (χ2v) is 7.47. The molecule has 0 spiro atoms. The third kappa shape index (κ3) is 6.53. The SMILES string of the molecule is CCOC(=O)/C=C/c1ccc(NS(=O)(=O)c2ccc(OCC)c(OCC)c2)cc1. The van der Waals surface area contributed by atoms with Crippen molar-refractivity contribution in [2.75, 3.05) is 24.5 Å². The zero-order valence-corrected chi connectivity index (χ0v) is 17.5. The van der Waals surface area contributed by atoms with Crippen molar-refractivity contribution >= 4 is 27.8 Å².